The first-order chi connectivity index (χ1) is 10.8. The van der Waals surface area contributed by atoms with Gasteiger partial charge < -0.3 is 18.9 Å². The zero-order valence-electron chi connectivity index (χ0n) is 12.1. The van der Waals surface area contributed by atoms with Crippen LogP contribution in [0.5, 0.6) is 0 Å². The van der Waals surface area contributed by atoms with Gasteiger partial charge in [0, 0.05) is 6.42 Å². The van der Waals surface area contributed by atoms with Crippen LogP contribution in [0.25, 0.3) is 0 Å². The summed E-state index contributed by atoms with van der Waals surface area (Å²) in [6.07, 6.45) is 11.4. The average molecular weight is 303 g/mol. The van der Waals surface area contributed by atoms with E-state index in [1.165, 1.54) is 16.7 Å². The zero-order chi connectivity index (χ0) is 14.9. The van der Waals surface area contributed by atoms with Crippen LogP contribution in [-0.2, 0) is 18.9 Å². The number of amides is 1. The lowest BCUT2D eigenvalue weighted by atomic mass is 10.0. The second-order valence-electron chi connectivity index (χ2n) is 5.65. The largest absolute Gasteiger partial charge is 0.464 e. The Kier molecular flexibility index (Phi) is 3.38. The van der Waals surface area contributed by atoms with Crippen molar-refractivity contribution in [3.05, 3.63) is 48.0 Å². The van der Waals surface area contributed by atoms with Crippen LogP contribution >= 0.6 is 0 Å². The number of rotatable bonds is 4. The summed E-state index contributed by atoms with van der Waals surface area (Å²) in [6, 6.07) is 0. The smallest absolute Gasteiger partial charge is 0.417 e. The van der Waals surface area contributed by atoms with Gasteiger partial charge in [-0.2, -0.15) is 0 Å². The molecule has 3 aliphatic heterocycles. The fourth-order valence-electron chi connectivity index (χ4n) is 2.70. The van der Waals surface area contributed by atoms with Crippen LogP contribution in [0.3, 0.4) is 0 Å². The van der Waals surface area contributed by atoms with Gasteiger partial charge in [-0.15, -0.1) is 0 Å². The molecule has 4 aliphatic rings. The third-order valence-electron chi connectivity index (χ3n) is 3.98. The highest BCUT2D eigenvalue weighted by Gasteiger charge is 2.45. The molecule has 116 valence electrons. The van der Waals surface area contributed by atoms with Crippen molar-refractivity contribution < 1.29 is 23.7 Å². The molecule has 2 saturated heterocycles. The van der Waals surface area contributed by atoms with Gasteiger partial charge in [-0.25, -0.2) is 9.69 Å². The summed E-state index contributed by atoms with van der Waals surface area (Å²) in [4.78, 5) is 13.4. The minimum absolute atomic E-state index is 0.0215. The lowest BCUT2D eigenvalue weighted by Crippen LogP contribution is -2.28. The fourth-order valence-corrected chi connectivity index (χ4v) is 2.70. The number of carbonyl (C=O) groups is 1. The molecule has 0 spiro atoms. The highest BCUT2D eigenvalue weighted by atomic mass is 16.6. The summed E-state index contributed by atoms with van der Waals surface area (Å²) < 4.78 is 21.6. The molecule has 1 amide bonds. The molecular weight excluding hydrogens is 286 g/mol. The minimum atomic E-state index is -0.420. The SMILES string of the molecule is O=C1OC(C2CO2)CN1C1=COC=C(CC2=CC=CCC2)O1. The monoisotopic (exact) mass is 303 g/mol. The van der Waals surface area contributed by atoms with E-state index in [0.717, 1.165) is 12.8 Å². The molecule has 22 heavy (non-hydrogen) atoms. The maximum atomic E-state index is 11.9. The minimum Gasteiger partial charge on any atom is -0.464 e. The van der Waals surface area contributed by atoms with Crippen LogP contribution in [0, 0.1) is 0 Å². The van der Waals surface area contributed by atoms with E-state index in [1.807, 2.05) is 0 Å². The molecule has 1 aliphatic carbocycles. The van der Waals surface area contributed by atoms with Crippen molar-refractivity contribution in [2.45, 2.75) is 31.5 Å². The number of hydrogen-bond donors (Lipinski definition) is 0. The molecule has 0 aromatic rings. The maximum absolute atomic E-state index is 11.9. The van der Waals surface area contributed by atoms with Gasteiger partial charge in [-0.1, -0.05) is 23.8 Å². The molecule has 0 bridgehead atoms. The van der Waals surface area contributed by atoms with Crippen molar-refractivity contribution >= 4 is 6.09 Å². The van der Waals surface area contributed by atoms with Crippen LogP contribution in [0.15, 0.2) is 48.0 Å². The highest BCUT2D eigenvalue weighted by Crippen LogP contribution is 2.30. The Morgan fingerprint density at radius 1 is 1.27 bits per heavy atom. The van der Waals surface area contributed by atoms with Gasteiger partial charge in [0.25, 0.3) is 0 Å². The third kappa shape index (κ3) is 2.74. The molecule has 4 rings (SSSR count). The average Bonchev–Trinajstić information content (AvgIpc) is 3.31. The molecule has 6 heteroatoms. The summed E-state index contributed by atoms with van der Waals surface area (Å²) >= 11 is 0. The van der Waals surface area contributed by atoms with Crippen molar-refractivity contribution in [3.8, 4) is 0 Å². The maximum Gasteiger partial charge on any atom is 0.417 e. The standard InChI is InChI=1S/C16H17NO5/c18-16-17(7-13(22-16)14-9-20-14)15-10-19-8-12(21-15)6-11-4-2-1-3-5-11/h1-2,4,8,10,13-14H,3,5-7,9H2. The second-order valence-corrected chi connectivity index (χ2v) is 5.65. The van der Waals surface area contributed by atoms with E-state index in [4.69, 9.17) is 18.9 Å². The predicted molar refractivity (Wildman–Crippen MR) is 76.1 cm³/mol. The first-order valence-electron chi connectivity index (χ1n) is 7.46. The van der Waals surface area contributed by atoms with Gasteiger partial charge in [0.2, 0.25) is 5.88 Å². The van der Waals surface area contributed by atoms with Crippen LogP contribution in [0.4, 0.5) is 4.79 Å². The van der Waals surface area contributed by atoms with E-state index in [9.17, 15) is 4.79 Å². The van der Waals surface area contributed by atoms with Crippen LogP contribution in [0.1, 0.15) is 19.3 Å². The van der Waals surface area contributed by atoms with Crippen LogP contribution in [0.2, 0.25) is 0 Å². The van der Waals surface area contributed by atoms with Gasteiger partial charge >= 0.3 is 6.09 Å². The van der Waals surface area contributed by atoms with Gasteiger partial charge in [0.05, 0.1) is 13.2 Å². The fraction of sp³-hybridized carbons (Fsp3) is 0.438. The van der Waals surface area contributed by atoms with Crippen molar-refractivity contribution in [3.63, 3.8) is 0 Å². The third-order valence-corrected chi connectivity index (χ3v) is 3.98. The summed E-state index contributed by atoms with van der Waals surface area (Å²) in [5.41, 5.74) is 1.28. The Bertz CT molecular complexity index is 600. The number of ether oxygens (including phenoxy) is 4. The summed E-state index contributed by atoms with van der Waals surface area (Å²) in [5, 5.41) is 0. The van der Waals surface area contributed by atoms with Crippen LogP contribution < -0.4 is 0 Å². The second kappa shape index (κ2) is 5.53. The van der Waals surface area contributed by atoms with Gasteiger partial charge in [-0.05, 0) is 12.8 Å². The van der Waals surface area contributed by atoms with Gasteiger partial charge in [0.15, 0.2) is 12.4 Å². The molecule has 2 fully saturated rings. The molecular formula is C16H17NO5. The summed E-state index contributed by atoms with van der Waals surface area (Å²) in [7, 11) is 0. The first kappa shape index (κ1) is 13.5. The van der Waals surface area contributed by atoms with Crippen molar-refractivity contribution in [2.24, 2.45) is 0 Å². The first-order valence-corrected chi connectivity index (χ1v) is 7.46. The quantitative estimate of drug-likeness (QED) is 0.747. The Morgan fingerprint density at radius 3 is 2.95 bits per heavy atom. The normalized spacial score (nSPS) is 29.9. The van der Waals surface area contributed by atoms with E-state index in [2.05, 4.69) is 18.2 Å². The van der Waals surface area contributed by atoms with Crippen molar-refractivity contribution in [1.82, 2.24) is 4.90 Å². The molecule has 0 radical (unpaired) electrons. The number of epoxide rings is 1. The topological polar surface area (TPSA) is 60.5 Å². The van der Waals surface area contributed by atoms with E-state index < -0.39 is 6.09 Å². The van der Waals surface area contributed by atoms with Crippen LogP contribution in [-0.4, -0.2) is 36.4 Å². The number of carbonyl (C=O) groups excluding carboxylic acids is 1. The van der Waals surface area contributed by atoms with E-state index in [1.54, 1.807) is 6.26 Å². The zero-order valence-corrected chi connectivity index (χ0v) is 12.1. The van der Waals surface area contributed by atoms with Crippen molar-refractivity contribution in [2.75, 3.05) is 13.2 Å². The lowest BCUT2D eigenvalue weighted by molar-refractivity contribution is 0.109. The number of hydrogen-bond acceptors (Lipinski definition) is 5. The van der Waals surface area contributed by atoms with Crippen molar-refractivity contribution in [1.29, 1.82) is 0 Å². The van der Waals surface area contributed by atoms with Gasteiger partial charge in [0.1, 0.15) is 18.1 Å². The highest BCUT2D eigenvalue weighted by molar-refractivity contribution is 5.72. The number of cyclic esters (lactones) is 1. The molecule has 2 unspecified atom stereocenters. The molecule has 0 aromatic heterocycles. The Balaban J connectivity index is 1.39. The Morgan fingerprint density at radius 2 is 2.18 bits per heavy atom. The molecule has 6 nitrogen and oxygen atoms in total. The number of nitrogens with zero attached hydrogens (tertiary/aromatic N) is 1. The Hall–Kier alpha value is -2.21. The van der Waals surface area contributed by atoms with E-state index in [0.29, 0.717) is 31.2 Å². The predicted octanol–water partition coefficient (Wildman–Crippen LogP) is 2.56. The number of allylic oxidation sites excluding steroid dienone is 4. The summed E-state index contributed by atoms with van der Waals surface area (Å²) in [5.74, 6) is 1.07. The van der Waals surface area contributed by atoms with Gasteiger partial charge in [-0.3, -0.25) is 0 Å². The van der Waals surface area contributed by atoms with E-state index >= 15 is 0 Å². The molecule has 2 atom stereocenters. The lowest BCUT2D eigenvalue weighted by Gasteiger charge is -2.22. The summed E-state index contributed by atoms with van der Waals surface area (Å²) in [6.45, 7) is 1.08. The molecule has 0 aromatic carbocycles. The molecule has 3 heterocycles. The van der Waals surface area contributed by atoms with E-state index in [-0.39, 0.29) is 12.2 Å². The molecule has 0 N–H and O–H groups in total. The molecule has 0 saturated carbocycles. The Labute approximate surface area is 128 Å².